The molecule has 0 aromatic heterocycles. The standard InChI is InChI=1S/C7H8Cl2O/c8-7(9)2-6(7)5-1-4(5)3-10/h3-6H,1-2H2/t4-,5+,6-/m0/s1. The van der Waals surface area contributed by atoms with Crippen LogP contribution in [0, 0.1) is 17.8 Å². The molecule has 2 aliphatic rings. The maximum atomic E-state index is 10.2. The molecule has 0 spiro atoms. The minimum absolute atomic E-state index is 0.268. The first-order chi connectivity index (χ1) is 4.65. The van der Waals surface area contributed by atoms with Crippen molar-refractivity contribution in [2.24, 2.45) is 17.8 Å². The molecule has 0 unspecified atom stereocenters. The van der Waals surface area contributed by atoms with Crippen molar-refractivity contribution < 1.29 is 4.79 Å². The van der Waals surface area contributed by atoms with Gasteiger partial charge in [-0.15, -0.1) is 23.2 Å². The summed E-state index contributed by atoms with van der Waals surface area (Å²) in [6.07, 6.45) is 2.91. The average Bonchev–Trinajstić information content (AvgIpc) is 2.66. The molecule has 0 bridgehead atoms. The second kappa shape index (κ2) is 1.89. The van der Waals surface area contributed by atoms with Gasteiger partial charge in [-0.05, 0) is 24.7 Å². The maximum Gasteiger partial charge on any atom is 0.123 e. The maximum absolute atomic E-state index is 10.2. The second-order valence-corrected chi connectivity index (χ2v) is 4.81. The van der Waals surface area contributed by atoms with E-state index in [4.69, 9.17) is 23.2 Å². The van der Waals surface area contributed by atoms with E-state index in [2.05, 4.69) is 0 Å². The molecule has 56 valence electrons. The molecule has 3 atom stereocenters. The van der Waals surface area contributed by atoms with E-state index in [9.17, 15) is 4.79 Å². The monoisotopic (exact) mass is 178 g/mol. The second-order valence-electron chi connectivity index (χ2n) is 3.27. The third-order valence-corrected chi connectivity index (χ3v) is 3.33. The first-order valence-electron chi connectivity index (χ1n) is 3.48. The molecule has 3 heteroatoms. The number of rotatable bonds is 2. The Labute approximate surface area is 69.7 Å². The Kier molecular flexibility index (Phi) is 1.31. The number of hydrogen-bond donors (Lipinski definition) is 0. The molecule has 0 aromatic rings. The number of alkyl halides is 2. The van der Waals surface area contributed by atoms with Gasteiger partial charge in [0, 0.05) is 5.92 Å². The minimum Gasteiger partial charge on any atom is -0.303 e. The molecule has 0 amide bonds. The van der Waals surface area contributed by atoms with Crippen LogP contribution in [0.25, 0.3) is 0 Å². The third-order valence-electron chi connectivity index (χ3n) is 2.46. The Morgan fingerprint density at radius 2 is 2.10 bits per heavy atom. The summed E-state index contributed by atoms with van der Waals surface area (Å²) in [5.41, 5.74) is 0. The molecule has 2 fully saturated rings. The lowest BCUT2D eigenvalue weighted by molar-refractivity contribution is -0.109. The Morgan fingerprint density at radius 3 is 2.40 bits per heavy atom. The smallest absolute Gasteiger partial charge is 0.123 e. The number of carbonyl (C=O) groups excluding carboxylic acids is 1. The van der Waals surface area contributed by atoms with Crippen molar-refractivity contribution in [2.75, 3.05) is 0 Å². The molecule has 2 saturated carbocycles. The zero-order valence-electron chi connectivity index (χ0n) is 5.39. The zero-order valence-corrected chi connectivity index (χ0v) is 6.90. The highest BCUT2D eigenvalue weighted by Gasteiger charge is 2.61. The van der Waals surface area contributed by atoms with Gasteiger partial charge < -0.3 is 4.79 Å². The summed E-state index contributed by atoms with van der Waals surface area (Å²) < 4.78 is -0.484. The van der Waals surface area contributed by atoms with E-state index < -0.39 is 4.33 Å². The molecule has 2 rings (SSSR count). The van der Waals surface area contributed by atoms with Gasteiger partial charge in [0.2, 0.25) is 0 Å². The highest BCUT2D eigenvalue weighted by Crippen LogP contribution is 2.64. The topological polar surface area (TPSA) is 17.1 Å². The Hall–Kier alpha value is 0.250. The summed E-state index contributed by atoms with van der Waals surface area (Å²) in [7, 11) is 0. The van der Waals surface area contributed by atoms with Gasteiger partial charge >= 0.3 is 0 Å². The van der Waals surface area contributed by atoms with Gasteiger partial charge in [0.05, 0.1) is 0 Å². The van der Waals surface area contributed by atoms with Crippen LogP contribution in [0.4, 0.5) is 0 Å². The lowest BCUT2D eigenvalue weighted by atomic mass is 10.2. The predicted molar refractivity (Wildman–Crippen MR) is 40.2 cm³/mol. The molecule has 10 heavy (non-hydrogen) atoms. The third kappa shape index (κ3) is 0.960. The minimum atomic E-state index is -0.484. The van der Waals surface area contributed by atoms with E-state index in [-0.39, 0.29) is 5.92 Å². The Morgan fingerprint density at radius 1 is 1.50 bits per heavy atom. The van der Waals surface area contributed by atoms with Crippen molar-refractivity contribution in [1.29, 1.82) is 0 Å². The van der Waals surface area contributed by atoms with Crippen LogP contribution in [0.2, 0.25) is 0 Å². The van der Waals surface area contributed by atoms with Crippen LogP contribution in [-0.2, 0) is 4.79 Å². The number of carbonyl (C=O) groups is 1. The summed E-state index contributed by atoms with van der Waals surface area (Å²) in [4.78, 5) is 10.2. The summed E-state index contributed by atoms with van der Waals surface area (Å²) in [5.74, 6) is 1.18. The Bertz CT molecular complexity index is 178. The van der Waals surface area contributed by atoms with Crippen molar-refractivity contribution in [3.8, 4) is 0 Å². The van der Waals surface area contributed by atoms with Gasteiger partial charge in [-0.3, -0.25) is 0 Å². The van der Waals surface area contributed by atoms with E-state index in [1.54, 1.807) is 0 Å². The van der Waals surface area contributed by atoms with Crippen LogP contribution in [0.15, 0.2) is 0 Å². The molecular weight excluding hydrogens is 171 g/mol. The molecule has 0 N–H and O–H groups in total. The van der Waals surface area contributed by atoms with Gasteiger partial charge in [-0.2, -0.15) is 0 Å². The summed E-state index contributed by atoms with van der Waals surface area (Å²) >= 11 is 11.6. The van der Waals surface area contributed by atoms with Crippen molar-refractivity contribution in [3.63, 3.8) is 0 Å². The summed E-state index contributed by atoms with van der Waals surface area (Å²) in [6, 6.07) is 0. The van der Waals surface area contributed by atoms with Crippen molar-refractivity contribution in [3.05, 3.63) is 0 Å². The SMILES string of the molecule is O=C[C@@H]1C[C@H]1[C@@H]1CC1(Cl)Cl. The van der Waals surface area contributed by atoms with Crippen LogP contribution in [0.3, 0.4) is 0 Å². The van der Waals surface area contributed by atoms with Crippen LogP contribution >= 0.6 is 23.2 Å². The fourth-order valence-corrected chi connectivity index (χ4v) is 2.21. The van der Waals surface area contributed by atoms with Gasteiger partial charge in [-0.25, -0.2) is 0 Å². The van der Waals surface area contributed by atoms with Crippen molar-refractivity contribution >= 4 is 29.5 Å². The molecule has 0 radical (unpaired) electrons. The van der Waals surface area contributed by atoms with Gasteiger partial charge in [0.1, 0.15) is 10.6 Å². The Balaban J connectivity index is 1.90. The lowest BCUT2D eigenvalue weighted by Gasteiger charge is -1.93. The molecule has 0 heterocycles. The van der Waals surface area contributed by atoms with E-state index in [0.717, 1.165) is 19.1 Å². The van der Waals surface area contributed by atoms with Crippen LogP contribution in [0.5, 0.6) is 0 Å². The largest absolute Gasteiger partial charge is 0.303 e. The highest BCUT2D eigenvalue weighted by molar-refractivity contribution is 6.50. The molecule has 0 saturated heterocycles. The van der Waals surface area contributed by atoms with E-state index in [1.807, 2.05) is 0 Å². The lowest BCUT2D eigenvalue weighted by Crippen LogP contribution is -1.94. The quantitative estimate of drug-likeness (QED) is 0.468. The summed E-state index contributed by atoms with van der Waals surface area (Å²) in [5, 5.41) is 0. The van der Waals surface area contributed by atoms with Crippen molar-refractivity contribution in [2.45, 2.75) is 17.2 Å². The first kappa shape index (κ1) is 6.93. The molecular formula is C7H8Cl2O. The fraction of sp³-hybridized carbons (Fsp3) is 0.857. The van der Waals surface area contributed by atoms with E-state index in [1.165, 1.54) is 0 Å². The van der Waals surface area contributed by atoms with Crippen molar-refractivity contribution in [1.82, 2.24) is 0 Å². The fourth-order valence-electron chi connectivity index (χ4n) is 1.55. The molecule has 0 aliphatic heterocycles. The van der Waals surface area contributed by atoms with Crippen LogP contribution < -0.4 is 0 Å². The number of aldehydes is 1. The molecule has 1 nitrogen and oxygen atoms in total. The first-order valence-corrected chi connectivity index (χ1v) is 4.24. The molecule has 2 aliphatic carbocycles. The predicted octanol–water partition coefficient (Wildman–Crippen LogP) is 2.02. The summed E-state index contributed by atoms with van der Waals surface area (Å²) in [6.45, 7) is 0. The number of halogens is 2. The highest BCUT2D eigenvalue weighted by atomic mass is 35.5. The van der Waals surface area contributed by atoms with E-state index in [0.29, 0.717) is 11.8 Å². The number of hydrogen-bond acceptors (Lipinski definition) is 1. The van der Waals surface area contributed by atoms with E-state index >= 15 is 0 Å². The average molecular weight is 179 g/mol. The normalized spacial score (nSPS) is 48.4. The van der Waals surface area contributed by atoms with Crippen LogP contribution in [-0.4, -0.2) is 10.6 Å². The molecule has 0 aromatic carbocycles. The van der Waals surface area contributed by atoms with Gasteiger partial charge in [-0.1, -0.05) is 0 Å². The van der Waals surface area contributed by atoms with Crippen LogP contribution in [0.1, 0.15) is 12.8 Å². The van der Waals surface area contributed by atoms with Gasteiger partial charge in [0.15, 0.2) is 0 Å². The van der Waals surface area contributed by atoms with Gasteiger partial charge in [0.25, 0.3) is 0 Å². The zero-order chi connectivity index (χ0) is 7.35.